The number of benzene rings is 3. The average molecular weight is 505 g/mol. The first-order valence-corrected chi connectivity index (χ1v) is 11.9. The summed E-state index contributed by atoms with van der Waals surface area (Å²) in [5, 5.41) is 0. The van der Waals surface area contributed by atoms with Crippen molar-refractivity contribution in [2.24, 2.45) is 5.92 Å². The van der Waals surface area contributed by atoms with E-state index in [1.54, 1.807) is 13.0 Å². The molecule has 0 bridgehead atoms. The summed E-state index contributed by atoms with van der Waals surface area (Å²) in [5.74, 6) is -7.05. The van der Waals surface area contributed by atoms with E-state index in [-0.39, 0.29) is 52.0 Å². The summed E-state index contributed by atoms with van der Waals surface area (Å²) < 4.78 is 91.7. The van der Waals surface area contributed by atoms with E-state index in [0.717, 1.165) is 0 Å². The summed E-state index contributed by atoms with van der Waals surface area (Å²) in [6, 6.07) is 8.09. The SMILES string of the molecule is CCOc1ccc(-c2ccc(C3CCC(/C=C/c4ccc(C)c(F)c4F)CC3)c(F)c2F)c(F)c1F. The molecular formula is C29H26F6O. The molecule has 0 spiro atoms. The van der Waals surface area contributed by atoms with Gasteiger partial charge in [0.15, 0.2) is 34.8 Å². The van der Waals surface area contributed by atoms with Gasteiger partial charge in [0.1, 0.15) is 0 Å². The second kappa shape index (κ2) is 10.8. The highest BCUT2D eigenvalue weighted by molar-refractivity contribution is 5.67. The molecule has 7 heteroatoms. The van der Waals surface area contributed by atoms with Crippen LogP contribution in [0, 0.1) is 47.7 Å². The lowest BCUT2D eigenvalue weighted by Gasteiger charge is -2.27. The molecule has 0 N–H and O–H groups in total. The maximum Gasteiger partial charge on any atom is 0.201 e. The third-order valence-corrected chi connectivity index (χ3v) is 6.81. The zero-order chi connectivity index (χ0) is 26.0. The Balaban J connectivity index is 1.48. The molecule has 0 aliphatic heterocycles. The highest BCUT2D eigenvalue weighted by Crippen LogP contribution is 2.40. The zero-order valence-corrected chi connectivity index (χ0v) is 20.0. The molecule has 0 unspecified atom stereocenters. The van der Waals surface area contributed by atoms with Crippen LogP contribution in [0.3, 0.4) is 0 Å². The molecule has 0 amide bonds. The Labute approximate surface area is 206 Å². The van der Waals surface area contributed by atoms with Crippen LogP contribution < -0.4 is 4.74 Å². The first-order valence-electron chi connectivity index (χ1n) is 11.9. The van der Waals surface area contributed by atoms with Gasteiger partial charge >= 0.3 is 0 Å². The van der Waals surface area contributed by atoms with Gasteiger partial charge in [-0.05, 0) is 74.6 Å². The summed E-state index contributed by atoms with van der Waals surface area (Å²) in [6.07, 6.45) is 5.86. The molecule has 3 aromatic rings. The van der Waals surface area contributed by atoms with Gasteiger partial charge in [-0.2, -0.15) is 4.39 Å². The van der Waals surface area contributed by atoms with Crippen molar-refractivity contribution in [2.75, 3.05) is 6.61 Å². The maximum atomic E-state index is 15.0. The van der Waals surface area contributed by atoms with Gasteiger partial charge in [0.25, 0.3) is 0 Å². The summed E-state index contributed by atoms with van der Waals surface area (Å²) in [6.45, 7) is 3.25. The normalized spacial score (nSPS) is 18.1. The van der Waals surface area contributed by atoms with Crippen LogP contribution in [-0.4, -0.2) is 6.61 Å². The second-order valence-corrected chi connectivity index (χ2v) is 9.07. The van der Waals surface area contributed by atoms with Crippen molar-refractivity contribution in [3.8, 4) is 16.9 Å². The van der Waals surface area contributed by atoms with Crippen molar-refractivity contribution in [1.82, 2.24) is 0 Å². The van der Waals surface area contributed by atoms with E-state index in [0.29, 0.717) is 25.7 Å². The smallest absolute Gasteiger partial charge is 0.201 e. The summed E-state index contributed by atoms with van der Waals surface area (Å²) in [4.78, 5) is 0. The molecule has 36 heavy (non-hydrogen) atoms. The van der Waals surface area contributed by atoms with Crippen molar-refractivity contribution >= 4 is 6.08 Å². The fourth-order valence-corrected chi connectivity index (χ4v) is 4.75. The summed E-state index contributed by atoms with van der Waals surface area (Å²) in [5.41, 5.74) is -0.146. The van der Waals surface area contributed by atoms with Gasteiger partial charge in [-0.3, -0.25) is 0 Å². The molecule has 3 aromatic carbocycles. The van der Waals surface area contributed by atoms with E-state index in [4.69, 9.17) is 4.74 Å². The average Bonchev–Trinajstić information content (AvgIpc) is 2.88. The lowest BCUT2D eigenvalue weighted by atomic mass is 9.78. The molecule has 1 fully saturated rings. The molecule has 1 nitrogen and oxygen atoms in total. The third-order valence-electron chi connectivity index (χ3n) is 6.81. The molecule has 0 heterocycles. The number of rotatable bonds is 6. The minimum Gasteiger partial charge on any atom is -0.491 e. The Kier molecular flexibility index (Phi) is 7.76. The van der Waals surface area contributed by atoms with Gasteiger partial charge in [0.05, 0.1) is 6.61 Å². The lowest BCUT2D eigenvalue weighted by molar-refractivity contribution is 0.314. The first kappa shape index (κ1) is 25.9. The van der Waals surface area contributed by atoms with E-state index >= 15 is 4.39 Å². The molecular weight excluding hydrogens is 478 g/mol. The number of hydrogen-bond acceptors (Lipinski definition) is 1. The zero-order valence-electron chi connectivity index (χ0n) is 20.0. The van der Waals surface area contributed by atoms with E-state index in [1.165, 1.54) is 43.3 Å². The van der Waals surface area contributed by atoms with Gasteiger partial charge in [-0.15, -0.1) is 0 Å². The van der Waals surface area contributed by atoms with Crippen molar-refractivity contribution in [1.29, 1.82) is 0 Å². The van der Waals surface area contributed by atoms with Crippen LogP contribution in [0.15, 0.2) is 42.5 Å². The molecule has 0 aromatic heterocycles. The lowest BCUT2D eigenvalue weighted by Crippen LogP contribution is -2.14. The predicted molar refractivity (Wildman–Crippen MR) is 128 cm³/mol. The van der Waals surface area contributed by atoms with Gasteiger partial charge in [0, 0.05) is 16.7 Å². The van der Waals surface area contributed by atoms with Crippen molar-refractivity contribution in [3.05, 3.63) is 94.1 Å². The highest BCUT2D eigenvalue weighted by Gasteiger charge is 2.27. The number of aryl methyl sites for hydroxylation is 1. The fraction of sp³-hybridized carbons (Fsp3) is 0.310. The van der Waals surface area contributed by atoms with Crippen LogP contribution >= 0.6 is 0 Å². The number of halogens is 6. The monoisotopic (exact) mass is 504 g/mol. The van der Waals surface area contributed by atoms with Gasteiger partial charge in [-0.1, -0.05) is 36.4 Å². The van der Waals surface area contributed by atoms with Crippen LogP contribution in [0.25, 0.3) is 17.2 Å². The fourth-order valence-electron chi connectivity index (χ4n) is 4.75. The third kappa shape index (κ3) is 5.01. The van der Waals surface area contributed by atoms with Crippen LogP contribution in [0.2, 0.25) is 0 Å². The van der Waals surface area contributed by atoms with Crippen LogP contribution in [0.1, 0.15) is 55.2 Å². The van der Waals surface area contributed by atoms with Gasteiger partial charge in [-0.25, -0.2) is 22.0 Å². The quantitative estimate of drug-likeness (QED) is 0.305. The topological polar surface area (TPSA) is 9.23 Å². The second-order valence-electron chi connectivity index (χ2n) is 9.07. The molecule has 0 radical (unpaired) electrons. The van der Waals surface area contributed by atoms with Gasteiger partial charge in [0.2, 0.25) is 5.82 Å². The number of hydrogen-bond donors (Lipinski definition) is 0. The Morgan fingerprint density at radius 1 is 0.722 bits per heavy atom. The molecule has 0 atom stereocenters. The van der Waals surface area contributed by atoms with Crippen LogP contribution in [0.5, 0.6) is 5.75 Å². The Morgan fingerprint density at radius 3 is 2.03 bits per heavy atom. The first-order chi connectivity index (χ1) is 17.2. The molecule has 0 saturated heterocycles. The van der Waals surface area contributed by atoms with E-state index in [9.17, 15) is 22.0 Å². The Morgan fingerprint density at radius 2 is 1.36 bits per heavy atom. The van der Waals surface area contributed by atoms with Crippen molar-refractivity contribution in [3.63, 3.8) is 0 Å². The molecule has 1 aliphatic rings. The minimum absolute atomic E-state index is 0.0955. The largest absolute Gasteiger partial charge is 0.491 e. The van der Waals surface area contributed by atoms with Crippen molar-refractivity contribution < 1.29 is 31.1 Å². The standard InChI is InChI=1S/C29H26F6O/c1-3-36-23-15-14-22(28(34)29(23)35)21-13-12-20(26(32)27(21)33)18-9-5-17(6-10-18)7-11-19-8-4-16(2)24(30)25(19)31/h4,7-8,11-15,17-18H,3,5-6,9-10H2,1-2H3/b11-7+. The van der Waals surface area contributed by atoms with Crippen molar-refractivity contribution in [2.45, 2.75) is 45.4 Å². The number of ether oxygens (including phenoxy) is 1. The molecule has 1 saturated carbocycles. The predicted octanol–water partition coefficient (Wildman–Crippen LogP) is 8.88. The van der Waals surface area contributed by atoms with Crippen LogP contribution in [0.4, 0.5) is 26.3 Å². The maximum absolute atomic E-state index is 15.0. The van der Waals surface area contributed by atoms with E-state index < -0.39 is 34.9 Å². The molecule has 190 valence electrons. The van der Waals surface area contributed by atoms with Crippen LogP contribution in [-0.2, 0) is 0 Å². The molecule has 1 aliphatic carbocycles. The van der Waals surface area contributed by atoms with Gasteiger partial charge < -0.3 is 4.74 Å². The Bertz CT molecular complexity index is 1290. The van der Waals surface area contributed by atoms with E-state index in [1.807, 2.05) is 6.08 Å². The molecule has 4 rings (SSSR count). The summed E-state index contributed by atoms with van der Waals surface area (Å²) in [7, 11) is 0. The minimum atomic E-state index is -1.30. The Hall–Kier alpha value is -3.22. The highest BCUT2D eigenvalue weighted by atomic mass is 19.2. The summed E-state index contributed by atoms with van der Waals surface area (Å²) >= 11 is 0. The number of allylic oxidation sites excluding steroid dienone is 1. The van der Waals surface area contributed by atoms with E-state index in [2.05, 4.69) is 0 Å².